The van der Waals surface area contributed by atoms with Crippen molar-refractivity contribution in [3.8, 4) is 11.1 Å². The molecule has 0 aliphatic carbocycles. The summed E-state index contributed by atoms with van der Waals surface area (Å²) in [5.74, 6) is -1.28. The number of halogens is 1. The van der Waals surface area contributed by atoms with Crippen LogP contribution >= 0.6 is 0 Å². The Bertz CT molecular complexity index is 617. The fourth-order valence-corrected chi connectivity index (χ4v) is 2.18. The molecular formula is C17H17FO2. The minimum atomic E-state index is -0.848. The number of aliphatic carboxylic acids is 1. The zero-order chi connectivity index (χ0) is 14.7. The van der Waals surface area contributed by atoms with Gasteiger partial charge in [0.1, 0.15) is 5.82 Å². The van der Waals surface area contributed by atoms with Crippen molar-refractivity contribution in [2.45, 2.75) is 26.2 Å². The summed E-state index contributed by atoms with van der Waals surface area (Å²) in [6, 6.07) is 12.4. The lowest BCUT2D eigenvalue weighted by Crippen LogP contribution is -2.03. The zero-order valence-electron chi connectivity index (χ0n) is 11.6. The molecule has 0 fully saturated rings. The Morgan fingerprint density at radius 1 is 1.20 bits per heavy atom. The molecule has 0 aromatic heterocycles. The molecule has 1 unspecified atom stereocenters. The standard InChI is InChI=1S/C17H17FO2/c1-11-3-5-13(6-4-11)15-10-14(7-8-16(15)18)12(2)9-17(19)20/h3-8,10,12H,9H2,1-2H3,(H,19,20). The second-order valence-electron chi connectivity index (χ2n) is 5.10. The number of benzene rings is 2. The SMILES string of the molecule is Cc1ccc(-c2cc(C(C)CC(=O)O)ccc2F)cc1. The molecule has 2 rings (SSSR count). The van der Waals surface area contributed by atoms with Crippen molar-refractivity contribution in [3.05, 3.63) is 59.4 Å². The second-order valence-corrected chi connectivity index (χ2v) is 5.10. The molecule has 0 radical (unpaired) electrons. The molecule has 2 aromatic rings. The average molecular weight is 272 g/mol. The monoisotopic (exact) mass is 272 g/mol. The molecule has 3 heteroatoms. The highest BCUT2D eigenvalue weighted by Crippen LogP contribution is 2.28. The molecule has 0 aliphatic rings. The van der Waals surface area contributed by atoms with Gasteiger partial charge < -0.3 is 5.11 Å². The maximum absolute atomic E-state index is 14.0. The summed E-state index contributed by atoms with van der Waals surface area (Å²) in [4.78, 5) is 10.8. The van der Waals surface area contributed by atoms with Crippen LogP contribution in [-0.2, 0) is 4.79 Å². The first-order valence-electron chi connectivity index (χ1n) is 6.55. The van der Waals surface area contributed by atoms with Crippen molar-refractivity contribution >= 4 is 5.97 Å². The van der Waals surface area contributed by atoms with Gasteiger partial charge in [-0.05, 0) is 36.1 Å². The minimum Gasteiger partial charge on any atom is -0.481 e. The Morgan fingerprint density at radius 2 is 1.85 bits per heavy atom. The van der Waals surface area contributed by atoms with E-state index < -0.39 is 5.97 Å². The summed E-state index contributed by atoms with van der Waals surface area (Å²) in [6.07, 6.45) is 0.0406. The van der Waals surface area contributed by atoms with E-state index in [2.05, 4.69) is 0 Å². The number of hydrogen-bond acceptors (Lipinski definition) is 1. The van der Waals surface area contributed by atoms with Crippen molar-refractivity contribution in [3.63, 3.8) is 0 Å². The lowest BCUT2D eigenvalue weighted by Gasteiger charge is -2.12. The molecule has 104 valence electrons. The van der Waals surface area contributed by atoms with E-state index in [0.717, 1.165) is 16.7 Å². The number of carbonyl (C=O) groups is 1. The van der Waals surface area contributed by atoms with Gasteiger partial charge in [0.05, 0.1) is 6.42 Å². The Kier molecular flexibility index (Phi) is 4.18. The van der Waals surface area contributed by atoms with Crippen LogP contribution in [0, 0.1) is 12.7 Å². The second kappa shape index (κ2) is 5.87. The van der Waals surface area contributed by atoms with Gasteiger partial charge in [-0.3, -0.25) is 4.79 Å². The summed E-state index contributed by atoms with van der Waals surface area (Å²) in [5, 5.41) is 8.84. The van der Waals surface area contributed by atoms with Crippen LogP contribution in [0.5, 0.6) is 0 Å². The van der Waals surface area contributed by atoms with E-state index in [1.54, 1.807) is 12.1 Å². The van der Waals surface area contributed by atoms with Gasteiger partial charge in [0.2, 0.25) is 0 Å². The quantitative estimate of drug-likeness (QED) is 0.896. The van der Waals surface area contributed by atoms with Crippen LogP contribution in [0.2, 0.25) is 0 Å². The summed E-state index contributed by atoms with van der Waals surface area (Å²) in [5.41, 5.74) is 3.27. The van der Waals surface area contributed by atoms with Gasteiger partial charge in [0, 0.05) is 5.56 Å². The Labute approximate surface area is 117 Å². The molecule has 1 N–H and O–H groups in total. The molecule has 2 nitrogen and oxygen atoms in total. The highest BCUT2D eigenvalue weighted by atomic mass is 19.1. The average Bonchev–Trinajstić information content (AvgIpc) is 2.39. The van der Waals surface area contributed by atoms with Crippen LogP contribution in [0.1, 0.15) is 30.4 Å². The first-order chi connectivity index (χ1) is 9.47. The number of carboxylic acid groups (broad SMARTS) is 1. The first-order valence-corrected chi connectivity index (χ1v) is 6.55. The first kappa shape index (κ1) is 14.3. The van der Waals surface area contributed by atoms with Crippen LogP contribution in [0.3, 0.4) is 0 Å². The maximum Gasteiger partial charge on any atom is 0.303 e. The third-order valence-electron chi connectivity index (χ3n) is 3.40. The Morgan fingerprint density at radius 3 is 2.45 bits per heavy atom. The van der Waals surface area contributed by atoms with E-state index in [0.29, 0.717) is 5.56 Å². The largest absolute Gasteiger partial charge is 0.481 e. The van der Waals surface area contributed by atoms with Gasteiger partial charge in [0.25, 0.3) is 0 Å². The Hall–Kier alpha value is -2.16. The van der Waals surface area contributed by atoms with E-state index >= 15 is 0 Å². The fourth-order valence-electron chi connectivity index (χ4n) is 2.18. The maximum atomic E-state index is 14.0. The number of rotatable bonds is 4. The highest BCUT2D eigenvalue weighted by Gasteiger charge is 2.13. The molecular weight excluding hydrogens is 255 g/mol. The van der Waals surface area contributed by atoms with E-state index in [1.807, 2.05) is 38.1 Å². The van der Waals surface area contributed by atoms with Crippen molar-refractivity contribution in [2.24, 2.45) is 0 Å². The van der Waals surface area contributed by atoms with Gasteiger partial charge in [0.15, 0.2) is 0 Å². The predicted molar refractivity (Wildman–Crippen MR) is 77.2 cm³/mol. The van der Waals surface area contributed by atoms with Gasteiger partial charge in [-0.1, -0.05) is 42.8 Å². The van der Waals surface area contributed by atoms with Gasteiger partial charge in [-0.25, -0.2) is 4.39 Å². The molecule has 2 aromatic carbocycles. The molecule has 0 saturated heterocycles. The van der Waals surface area contributed by atoms with E-state index in [1.165, 1.54) is 6.07 Å². The number of carboxylic acids is 1. The summed E-state index contributed by atoms with van der Waals surface area (Å²) < 4.78 is 14.0. The topological polar surface area (TPSA) is 37.3 Å². The smallest absolute Gasteiger partial charge is 0.303 e. The van der Waals surface area contributed by atoms with E-state index in [9.17, 15) is 9.18 Å². The number of aryl methyl sites for hydroxylation is 1. The molecule has 0 amide bonds. The van der Waals surface area contributed by atoms with Crippen LogP contribution in [-0.4, -0.2) is 11.1 Å². The molecule has 0 saturated carbocycles. The van der Waals surface area contributed by atoms with E-state index in [4.69, 9.17) is 5.11 Å². The summed E-state index contributed by atoms with van der Waals surface area (Å²) >= 11 is 0. The van der Waals surface area contributed by atoms with Gasteiger partial charge in [-0.2, -0.15) is 0 Å². The molecule has 20 heavy (non-hydrogen) atoms. The normalized spacial score (nSPS) is 12.2. The lowest BCUT2D eigenvalue weighted by molar-refractivity contribution is -0.137. The minimum absolute atomic E-state index is 0.0406. The molecule has 0 bridgehead atoms. The lowest BCUT2D eigenvalue weighted by atomic mass is 9.93. The molecule has 1 atom stereocenters. The number of hydrogen-bond donors (Lipinski definition) is 1. The van der Waals surface area contributed by atoms with Gasteiger partial charge in [-0.15, -0.1) is 0 Å². The molecule has 0 spiro atoms. The molecule has 0 aliphatic heterocycles. The van der Waals surface area contributed by atoms with Crippen molar-refractivity contribution < 1.29 is 14.3 Å². The van der Waals surface area contributed by atoms with Crippen LogP contribution < -0.4 is 0 Å². The van der Waals surface area contributed by atoms with Crippen molar-refractivity contribution in [1.82, 2.24) is 0 Å². The third kappa shape index (κ3) is 3.23. The van der Waals surface area contributed by atoms with Gasteiger partial charge >= 0.3 is 5.97 Å². The molecule has 0 heterocycles. The fraction of sp³-hybridized carbons (Fsp3) is 0.235. The van der Waals surface area contributed by atoms with Crippen LogP contribution in [0.4, 0.5) is 4.39 Å². The zero-order valence-corrected chi connectivity index (χ0v) is 11.6. The predicted octanol–water partition coefficient (Wildman–Crippen LogP) is 4.38. The van der Waals surface area contributed by atoms with Crippen molar-refractivity contribution in [2.75, 3.05) is 0 Å². The Balaban J connectivity index is 2.38. The highest BCUT2D eigenvalue weighted by molar-refractivity contribution is 5.69. The summed E-state index contributed by atoms with van der Waals surface area (Å²) in [6.45, 7) is 3.81. The van der Waals surface area contributed by atoms with Crippen LogP contribution in [0.15, 0.2) is 42.5 Å². The van der Waals surface area contributed by atoms with Crippen LogP contribution in [0.25, 0.3) is 11.1 Å². The third-order valence-corrected chi connectivity index (χ3v) is 3.40. The van der Waals surface area contributed by atoms with Crippen molar-refractivity contribution in [1.29, 1.82) is 0 Å². The summed E-state index contributed by atoms with van der Waals surface area (Å²) in [7, 11) is 0. The van der Waals surface area contributed by atoms with E-state index in [-0.39, 0.29) is 18.2 Å².